The summed E-state index contributed by atoms with van der Waals surface area (Å²) in [5.74, 6) is -3.06. The molecule has 1 heterocycles. The SMILES string of the molecule is Fc1ccc(N2CCC(F)(F)CC2)cc1Cl. The lowest BCUT2D eigenvalue weighted by Crippen LogP contribution is -2.39. The van der Waals surface area contributed by atoms with E-state index in [1.807, 2.05) is 0 Å². The second-order valence-corrected chi connectivity index (χ2v) is 4.35. The Bertz CT molecular complexity index is 385. The smallest absolute Gasteiger partial charge is 0.251 e. The Morgan fingerprint density at radius 2 is 1.81 bits per heavy atom. The molecule has 0 saturated carbocycles. The molecule has 1 aliphatic rings. The van der Waals surface area contributed by atoms with Gasteiger partial charge in [0, 0.05) is 31.6 Å². The molecule has 0 aliphatic carbocycles. The van der Waals surface area contributed by atoms with E-state index in [-0.39, 0.29) is 31.0 Å². The van der Waals surface area contributed by atoms with Crippen molar-refractivity contribution in [1.82, 2.24) is 0 Å². The Kier molecular flexibility index (Phi) is 3.02. The molecule has 0 N–H and O–H groups in total. The second-order valence-electron chi connectivity index (χ2n) is 3.94. The third-order valence-electron chi connectivity index (χ3n) is 2.76. The molecule has 1 saturated heterocycles. The fraction of sp³-hybridized carbons (Fsp3) is 0.455. The highest BCUT2D eigenvalue weighted by Crippen LogP contribution is 2.31. The average Bonchev–Trinajstić information content (AvgIpc) is 2.22. The maximum absolute atomic E-state index is 12.9. The van der Waals surface area contributed by atoms with E-state index in [9.17, 15) is 13.2 Å². The first-order chi connectivity index (χ1) is 7.48. The number of hydrogen-bond donors (Lipinski definition) is 0. The van der Waals surface area contributed by atoms with E-state index in [1.54, 1.807) is 11.0 Å². The molecule has 0 bridgehead atoms. The number of piperidine rings is 1. The van der Waals surface area contributed by atoms with E-state index in [1.165, 1.54) is 12.1 Å². The fourth-order valence-electron chi connectivity index (χ4n) is 1.77. The van der Waals surface area contributed by atoms with Crippen LogP contribution in [0.3, 0.4) is 0 Å². The standard InChI is InChI=1S/C11H11ClF3N/c12-9-7-8(1-2-10(9)13)16-5-3-11(14,15)4-6-16/h1-2,7H,3-6H2. The largest absolute Gasteiger partial charge is 0.371 e. The number of hydrogen-bond acceptors (Lipinski definition) is 1. The van der Waals surface area contributed by atoms with Gasteiger partial charge in [0.15, 0.2) is 0 Å². The van der Waals surface area contributed by atoms with E-state index in [2.05, 4.69) is 0 Å². The summed E-state index contributed by atoms with van der Waals surface area (Å²) >= 11 is 5.64. The van der Waals surface area contributed by atoms with Gasteiger partial charge in [0.1, 0.15) is 5.82 Å². The van der Waals surface area contributed by atoms with Gasteiger partial charge in [-0.15, -0.1) is 0 Å². The lowest BCUT2D eigenvalue weighted by molar-refractivity contribution is -0.0220. The first-order valence-corrected chi connectivity index (χ1v) is 5.44. The molecule has 1 aliphatic heterocycles. The number of anilines is 1. The Balaban J connectivity index is 2.11. The van der Waals surface area contributed by atoms with Crippen molar-refractivity contribution in [3.05, 3.63) is 29.0 Å². The molecule has 0 amide bonds. The fourth-order valence-corrected chi connectivity index (χ4v) is 1.95. The van der Waals surface area contributed by atoms with Crippen LogP contribution in [-0.2, 0) is 0 Å². The van der Waals surface area contributed by atoms with Crippen molar-refractivity contribution < 1.29 is 13.2 Å². The lowest BCUT2D eigenvalue weighted by Gasteiger charge is -2.33. The zero-order chi connectivity index (χ0) is 11.8. The van der Waals surface area contributed by atoms with Gasteiger partial charge in [0.25, 0.3) is 5.92 Å². The summed E-state index contributed by atoms with van der Waals surface area (Å²) in [6.07, 6.45) is -0.329. The Hall–Kier alpha value is -0.900. The normalized spacial score (nSPS) is 19.9. The lowest BCUT2D eigenvalue weighted by atomic mass is 10.1. The molecule has 0 spiro atoms. The van der Waals surface area contributed by atoms with Crippen LogP contribution in [-0.4, -0.2) is 19.0 Å². The molecule has 0 aromatic heterocycles. The molecule has 1 aromatic rings. The van der Waals surface area contributed by atoms with Crippen LogP contribution in [0.5, 0.6) is 0 Å². The van der Waals surface area contributed by atoms with Gasteiger partial charge in [-0.05, 0) is 18.2 Å². The van der Waals surface area contributed by atoms with Crippen LogP contribution < -0.4 is 4.90 Å². The summed E-state index contributed by atoms with van der Waals surface area (Å²) in [5.41, 5.74) is 0.696. The molecule has 1 fully saturated rings. The minimum atomic E-state index is -2.57. The van der Waals surface area contributed by atoms with Crippen molar-refractivity contribution in [2.45, 2.75) is 18.8 Å². The van der Waals surface area contributed by atoms with Crippen LogP contribution in [0, 0.1) is 5.82 Å². The third kappa shape index (κ3) is 2.43. The predicted molar refractivity (Wildman–Crippen MR) is 57.8 cm³/mol. The minimum absolute atomic E-state index is 0.0230. The molecule has 0 unspecified atom stereocenters. The molecule has 88 valence electrons. The van der Waals surface area contributed by atoms with Gasteiger partial charge in [0.2, 0.25) is 0 Å². The first kappa shape index (κ1) is 11.6. The van der Waals surface area contributed by atoms with Gasteiger partial charge < -0.3 is 4.90 Å². The summed E-state index contributed by atoms with van der Waals surface area (Å²) in [4.78, 5) is 1.79. The highest BCUT2D eigenvalue weighted by atomic mass is 35.5. The van der Waals surface area contributed by atoms with Crippen LogP contribution in [0.15, 0.2) is 18.2 Å². The van der Waals surface area contributed by atoms with Crippen LogP contribution >= 0.6 is 11.6 Å². The van der Waals surface area contributed by atoms with E-state index in [4.69, 9.17) is 11.6 Å². The molecule has 1 aromatic carbocycles. The zero-order valence-electron chi connectivity index (χ0n) is 8.52. The Labute approximate surface area is 96.8 Å². The van der Waals surface area contributed by atoms with E-state index < -0.39 is 11.7 Å². The minimum Gasteiger partial charge on any atom is -0.371 e. The molecule has 2 rings (SSSR count). The van der Waals surface area contributed by atoms with Crippen LogP contribution in [0.25, 0.3) is 0 Å². The molecular weight excluding hydrogens is 239 g/mol. The summed E-state index contributed by atoms with van der Waals surface area (Å²) in [5, 5.41) is 0.0230. The maximum Gasteiger partial charge on any atom is 0.251 e. The number of benzene rings is 1. The monoisotopic (exact) mass is 249 g/mol. The van der Waals surface area contributed by atoms with Gasteiger partial charge in [-0.3, -0.25) is 0 Å². The first-order valence-electron chi connectivity index (χ1n) is 5.06. The van der Waals surface area contributed by atoms with E-state index >= 15 is 0 Å². The summed E-state index contributed by atoms with van der Waals surface area (Å²) in [7, 11) is 0. The van der Waals surface area contributed by atoms with Crippen molar-refractivity contribution in [1.29, 1.82) is 0 Å². The number of nitrogens with zero attached hydrogens (tertiary/aromatic N) is 1. The number of rotatable bonds is 1. The van der Waals surface area contributed by atoms with Crippen LogP contribution in [0.4, 0.5) is 18.9 Å². The van der Waals surface area contributed by atoms with E-state index in [0.717, 1.165) is 0 Å². The number of halogens is 4. The zero-order valence-corrected chi connectivity index (χ0v) is 9.28. The summed E-state index contributed by atoms with van der Waals surface area (Å²) in [6, 6.07) is 4.29. The molecular formula is C11H11ClF3N. The quantitative estimate of drug-likeness (QED) is 0.733. The van der Waals surface area contributed by atoms with Crippen molar-refractivity contribution in [3.8, 4) is 0 Å². The molecule has 5 heteroatoms. The number of alkyl halides is 2. The van der Waals surface area contributed by atoms with Crippen molar-refractivity contribution >= 4 is 17.3 Å². The Morgan fingerprint density at radius 1 is 1.19 bits per heavy atom. The van der Waals surface area contributed by atoms with Crippen molar-refractivity contribution in [3.63, 3.8) is 0 Å². The highest BCUT2D eigenvalue weighted by Gasteiger charge is 2.34. The van der Waals surface area contributed by atoms with Gasteiger partial charge in [-0.1, -0.05) is 11.6 Å². The second kappa shape index (κ2) is 4.17. The molecule has 0 atom stereocenters. The molecule has 1 nitrogen and oxygen atoms in total. The third-order valence-corrected chi connectivity index (χ3v) is 3.05. The van der Waals surface area contributed by atoms with Gasteiger partial charge in [-0.2, -0.15) is 0 Å². The highest BCUT2D eigenvalue weighted by molar-refractivity contribution is 6.31. The molecule has 16 heavy (non-hydrogen) atoms. The van der Waals surface area contributed by atoms with Gasteiger partial charge >= 0.3 is 0 Å². The van der Waals surface area contributed by atoms with Crippen LogP contribution in [0.1, 0.15) is 12.8 Å². The molecule has 0 radical (unpaired) electrons. The predicted octanol–water partition coefficient (Wildman–Crippen LogP) is 3.71. The summed E-state index contributed by atoms with van der Waals surface area (Å²) < 4.78 is 38.8. The average molecular weight is 250 g/mol. The topological polar surface area (TPSA) is 3.24 Å². The van der Waals surface area contributed by atoms with Crippen LogP contribution in [0.2, 0.25) is 5.02 Å². The van der Waals surface area contributed by atoms with E-state index in [0.29, 0.717) is 5.69 Å². The maximum atomic E-state index is 12.9. The Morgan fingerprint density at radius 3 is 2.38 bits per heavy atom. The van der Waals surface area contributed by atoms with Crippen molar-refractivity contribution in [2.24, 2.45) is 0 Å². The van der Waals surface area contributed by atoms with Gasteiger partial charge in [-0.25, -0.2) is 13.2 Å². The van der Waals surface area contributed by atoms with Crippen molar-refractivity contribution in [2.75, 3.05) is 18.0 Å². The summed E-state index contributed by atoms with van der Waals surface area (Å²) in [6.45, 7) is 0.546. The van der Waals surface area contributed by atoms with Gasteiger partial charge in [0.05, 0.1) is 5.02 Å².